The molecule has 2 aromatic rings. The molecule has 1 aromatic heterocycles. The Hall–Kier alpha value is -2.46. The summed E-state index contributed by atoms with van der Waals surface area (Å²) in [5.41, 5.74) is 0.654. The van der Waals surface area contributed by atoms with Crippen LogP contribution in [0, 0.1) is 12.8 Å². The van der Waals surface area contributed by atoms with Crippen molar-refractivity contribution in [2.75, 3.05) is 24.5 Å². The van der Waals surface area contributed by atoms with Gasteiger partial charge in [0.25, 0.3) is 0 Å². The van der Waals surface area contributed by atoms with E-state index in [1.165, 1.54) is 6.07 Å². The highest BCUT2D eigenvalue weighted by Crippen LogP contribution is 2.31. The third kappa shape index (κ3) is 5.47. The lowest BCUT2D eigenvalue weighted by Crippen LogP contribution is -2.55. The van der Waals surface area contributed by atoms with Gasteiger partial charge in [0.15, 0.2) is 0 Å². The van der Waals surface area contributed by atoms with Gasteiger partial charge in [0.2, 0.25) is 0 Å². The van der Waals surface area contributed by atoms with Crippen LogP contribution in [0.4, 0.5) is 19.0 Å². The molecule has 3 rings (SSSR count). The van der Waals surface area contributed by atoms with E-state index in [1.54, 1.807) is 18.2 Å². The molecule has 6 nitrogen and oxygen atoms in total. The van der Waals surface area contributed by atoms with Gasteiger partial charge in [-0.1, -0.05) is 19.9 Å². The zero-order valence-electron chi connectivity index (χ0n) is 18.1. The third-order valence-electron chi connectivity index (χ3n) is 5.61. The molecule has 10 heteroatoms. The molecule has 174 valence electrons. The van der Waals surface area contributed by atoms with Gasteiger partial charge in [0.05, 0.1) is 16.9 Å². The van der Waals surface area contributed by atoms with E-state index in [-0.39, 0.29) is 18.4 Å². The molecule has 1 aromatic carbocycles. The number of hydrogen-bond acceptors (Lipinski definition) is 4. The van der Waals surface area contributed by atoms with Crippen molar-refractivity contribution in [3.05, 3.63) is 53.2 Å². The van der Waals surface area contributed by atoms with E-state index in [1.807, 2.05) is 30.0 Å². The van der Waals surface area contributed by atoms with Crippen LogP contribution in [-0.2, 0) is 28.4 Å². The van der Waals surface area contributed by atoms with Crippen molar-refractivity contribution in [3.63, 3.8) is 0 Å². The van der Waals surface area contributed by atoms with Crippen molar-refractivity contribution in [2.45, 2.75) is 44.3 Å². The summed E-state index contributed by atoms with van der Waals surface area (Å²) in [5, 5.41) is 9.12. The Balaban J connectivity index is 1.80. The van der Waals surface area contributed by atoms with Gasteiger partial charge in [0.1, 0.15) is 16.8 Å². The molecule has 0 radical (unpaired) electrons. The van der Waals surface area contributed by atoms with Crippen LogP contribution in [0.15, 0.2) is 41.4 Å². The molecule has 1 aliphatic heterocycles. The summed E-state index contributed by atoms with van der Waals surface area (Å²) >= 11 is 0. The second kappa shape index (κ2) is 9.58. The predicted molar refractivity (Wildman–Crippen MR) is 116 cm³/mol. The highest BCUT2D eigenvalue weighted by atomic mass is 32.2. The number of aryl methyl sites for hydroxylation is 1. The van der Waals surface area contributed by atoms with Crippen molar-refractivity contribution in [3.8, 4) is 0 Å². The minimum atomic E-state index is -4.44. The van der Waals surface area contributed by atoms with Crippen molar-refractivity contribution in [2.24, 2.45) is 5.92 Å². The molecule has 0 spiro atoms. The Bertz CT molecular complexity index is 996. The molecular formula is C22H26F3N3O3S. The molecule has 1 aliphatic rings. The quantitative estimate of drug-likeness (QED) is 0.695. The normalized spacial score (nSPS) is 18.7. The van der Waals surface area contributed by atoms with Crippen molar-refractivity contribution in [1.29, 1.82) is 0 Å². The summed E-state index contributed by atoms with van der Waals surface area (Å²) in [6.07, 6.45) is -3.74. The first-order chi connectivity index (χ1) is 15.0. The minimum absolute atomic E-state index is 0.125. The largest absolute Gasteiger partial charge is 0.481 e. The number of nitrogens with zero attached hydrogens (tertiary/aromatic N) is 3. The number of aromatic nitrogens is 1. The lowest BCUT2D eigenvalue weighted by atomic mass is 10.0. The van der Waals surface area contributed by atoms with Gasteiger partial charge < -0.3 is 10.0 Å². The van der Waals surface area contributed by atoms with Crippen LogP contribution in [0.25, 0.3) is 0 Å². The van der Waals surface area contributed by atoms with Crippen LogP contribution in [0.2, 0.25) is 0 Å². The zero-order chi connectivity index (χ0) is 23.6. The number of piperazine rings is 1. The summed E-state index contributed by atoms with van der Waals surface area (Å²) in [4.78, 5) is 17.6. The molecule has 2 unspecified atom stereocenters. The van der Waals surface area contributed by atoms with Gasteiger partial charge in [-0.2, -0.15) is 13.2 Å². The first-order valence-electron chi connectivity index (χ1n) is 10.3. The number of carboxylic acids is 1. The van der Waals surface area contributed by atoms with E-state index in [9.17, 15) is 22.2 Å². The molecule has 0 amide bonds. The van der Waals surface area contributed by atoms with Gasteiger partial charge in [-0.15, -0.1) is 0 Å². The number of carbonyl (C=O) groups is 1. The molecule has 0 aliphatic carbocycles. The predicted octanol–water partition coefficient (Wildman–Crippen LogP) is 3.91. The molecule has 1 saturated heterocycles. The maximum Gasteiger partial charge on any atom is 0.417 e. The second-order valence-corrected chi connectivity index (χ2v) is 9.65. The second-order valence-electron chi connectivity index (χ2n) is 8.21. The summed E-state index contributed by atoms with van der Waals surface area (Å²) in [7, 11) is -1.50. The van der Waals surface area contributed by atoms with Gasteiger partial charge in [0, 0.05) is 31.9 Å². The molecule has 32 heavy (non-hydrogen) atoms. The Labute approximate surface area is 187 Å². The number of carboxylic acid groups (broad SMARTS) is 1. The van der Waals surface area contributed by atoms with E-state index in [0.29, 0.717) is 35.9 Å². The van der Waals surface area contributed by atoms with E-state index >= 15 is 0 Å². The number of rotatable bonds is 6. The zero-order valence-corrected chi connectivity index (χ0v) is 18.9. The first kappa shape index (κ1) is 24.2. The Morgan fingerprint density at radius 3 is 2.53 bits per heavy atom. The maximum atomic E-state index is 13.4. The fraction of sp³-hybridized carbons (Fsp3) is 0.455. The van der Waals surface area contributed by atoms with Crippen LogP contribution in [0.5, 0.6) is 0 Å². The monoisotopic (exact) mass is 469 g/mol. The number of pyridine rings is 1. The average molecular weight is 470 g/mol. The molecule has 0 saturated carbocycles. The van der Waals surface area contributed by atoms with Gasteiger partial charge in [-0.3, -0.25) is 4.79 Å². The standard InChI is InChI=1S/C22H26F3N3O3S/c1-14(2)19-13-27(20-7-5-17(12-26-20)22(23,24)25)8-9-28(19)32(31)18-6-4-15(3)16(10-18)11-21(29)30/h4-7,10,12,14,19H,8-9,11,13H2,1-3H3,(H,29,30). The number of hydrogen-bond donors (Lipinski definition) is 1. The SMILES string of the molecule is Cc1ccc(S(=O)N2CCN(c3ccc(C(F)(F)F)cn3)CC2C(C)C)cc1CC(=O)O. The Kier molecular flexibility index (Phi) is 7.24. The summed E-state index contributed by atoms with van der Waals surface area (Å²) in [6, 6.07) is 7.47. The summed E-state index contributed by atoms with van der Waals surface area (Å²) in [5.74, 6) is -0.373. The van der Waals surface area contributed by atoms with Crippen LogP contribution < -0.4 is 4.90 Å². The number of anilines is 1. The summed E-state index contributed by atoms with van der Waals surface area (Å²) in [6.45, 7) is 7.18. The number of aliphatic carboxylic acids is 1. The van der Waals surface area contributed by atoms with Crippen molar-refractivity contribution in [1.82, 2.24) is 9.29 Å². The van der Waals surface area contributed by atoms with Crippen LogP contribution in [0.3, 0.4) is 0 Å². The topological polar surface area (TPSA) is 73.7 Å². The fourth-order valence-electron chi connectivity index (χ4n) is 3.74. The molecule has 0 bridgehead atoms. The van der Waals surface area contributed by atoms with E-state index in [4.69, 9.17) is 5.11 Å². The van der Waals surface area contributed by atoms with E-state index in [0.717, 1.165) is 17.8 Å². The number of alkyl halides is 3. The highest BCUT2D eigenvalue weighted by molar-refractivity contribution is 7.82. The molecule has 2 atom stereocenters. The lowest BCUT2D eigenvalue weighted by molar-refractivity contribution is -0.138. The maximum absolute atomic E-state index is 13.4. The number of benzene rings is 1. The van der Waals surface area contributed by atoms with Gasteiger partial charge in [-0.05, 0) is 48.2 Å². The molecule has 1 N–H and O–H groups in total. The van der Waals surface area contributed by atoms with Gasteiger partial charge >= 0.3 is 12.1 Å². The van der Waals surface area contributed by atoms with Crippen LogP contribution in [-0.4, -0.2) is 50.3 Å². The Morgan fingerprint density at radius 2 is 1.97 bits per heavy atom. The molecule has 1 fully saturated rings. The highest BCUT2D eigenvalue weighted by Gasteiger charge is 2.35. The number of halogens is 3. The minimum Gasteiger partial charge on any atom is -0.481 e. The van der Waals surface area contributed by atoms with E-state index < -0.39 is 28.7 Å². The average Bonchev–Trinajstić information content (AvgIpc) is 2.73. The first-order valence-corrected chi connectivity index (χ1v) is 11.4. The van der Waals surface area contributed by atoms with Crippen LogP contribution >= 0.6 is 0 Å². The van der Waals surface area contributed by atoms with Crippen molar-refractivity contribution < 1.29 is 27.3 Å². The van der Waals surface area contributed by atoms with Gasteiger partial charge in [-0.25, -0.2) is 13.5 Å². The fourth-order valence-corrected chi connectivity index (χ4v) is 5.24. The molecule has 2 heterocycles. The Morgan fingerprint density at radius 1 is 1.25 bits per heavy atom. The third-order valence-corrected chi connectivity index (χ3v) is 7.15. The molecular weight excluding hydrogens is 443 g/mol. The van der Waals surface area contributed by atoms with Crippen LogP contribution in [0.1, 0.15) is 30.5 Å². The smallest absolute Gasteiger partial charge is 0.417 e. The van der Waals surface area contributed by atoms with Crippen molar-refractivity contribution >= 4 is 22.8 Å². The van der Waals surface area contributed by atoms with E-state index in [2.05, 4.69) is 4.98 Å². The lowest BCUT2D eigenvalue weighted by Gasteiger charge is -2.42. The summed E-state index contributed by atoms with van der Waals surface area (Å²) < 4.78 is 53.8.